The Labute approximate surface area is 112 Å². The molecule has 0 aliphatic rings. The number of carboxylic acids is 1. The molecular weight excluding hydrogens is 238 g/mol. The van der Waals surface area contributed by atoms with Crippen LogP contribution in [0.2, 0.25) is 0 Å². The first kappa shape index (κ1) is 13.1. The molecular formula is C16H17NO2. The molecule has 98 valence electrons. The van der Waals surface area contributed by atoms with Crippen molar-refractivity contribution < 1.29 is 9.90 Å². The van der Waals surface area contributed by atoms with Gasteiger partial charge in [0.1, 0.15) is 0 Å². The molecule has 3 heteroatoms. The molecule has 0 saturated heterocycles. The number of hydrogen-bond donors (Lipinski definition) is 2. The lowest BCUT2D eigenvalue weighted by Gasteiger charge is -2.11. The lowest BCUT2D eigenvalue weighted by molar-refractivity contribution is 0.0697. The van der Waals surface area contributed by atoms with E-state index in [-0.39, 0.29) is 0 Å². The second-order valence-corrected chi connectivity index (χ2v) is 4.68. The van der Waals surface area contributed by atoms with Gasteiger partial charge >= 0.3 is 5.97 Å². The molecule has 19 heavy (non-hydrogen) atoms. The smallest absolute Gasteiger partial charge is 0.335 e. The zero-order valence-corrected chi connectivity index (χ0v) is 11.1. The fourth-order valence-corrected chi connectivity index (χ4v) is 1.96. The summed E-state index contributed by atoms with van der Waals surface area (Å²) in [5, 5.41) is 12.3. The van der Waals surface area contributed by atoms with E-state index >= 15 is 0 Å². The lowest BCUT2D eigenvalue weighted by atomic mass is 10.1. The maximum Gasteiger partial charge on any atom is 0.335 e. The molecule has 2 rings (SSSR count). The van der Waals surface area contributed by atoms with E-state index in [4.69, 9.17) is 5.11 Å². The second kappa shape index (κ2) is 5.57. The van der Waals surface area contributed by atoms with Crippen molar-refractivity contribution >= 4 is 11.7 Å². The van der Waals surface area contributed by atoms with E-state index in [9.17, 15) is 4.79 Å². The molecule has 3 nitrogen and oxygen atoms in total. The Kier molecular flexibility index (Phi) is 3.85. The number of aromatic carboxylic acids is 1. The molecule has 0 radical (unpaired) electrons. The Hall–Kier alpha value is -2.29. The SMILES string of the molecule is Cc1cccc(CNc2cc(C(=O)O)ccc2C)c1. The normalized spacial score (nSPS) is 10.2. The van der Waals surface area contributed by atoms with Gasteiger partial charge in [-0.2, -0.15) is 0 Å². The van der Waals surface area contributed by atoms with Crippen LogP contribution in [0.15, 0.2) is 42.5 Å². The highest BCUT2D eigenvalue weighted by Gasteiger charge is 2.05. The molecule has 0 bridgehead atoms. The van der Waals surface area contributed by atoms with Crippen molar-refractivity contribution in [1.29, 1.82) is 0 Å². The van der Waals surface area contributed by atoms with E-state index in [2.05, 4.69) is 30.4 Å². The van der Waals surface area contributed by atoms with Crippen LogP contribution in [-0.4, -0.2) is 11.1 Å². The van der Waals surface area contributed by atoms with E-state index in [1.54, 1.807) is 12.1 Å². The third-order valence-corrected chi connectivity index (χ3v) is 3.05. The topological polar surface area (TPSA) is 49.3 Å². The molecule has 0 aromatic heterocycles. The van der Waals surface area contributed by atoms with Gasteiger partial charge in [0.2, 0.25) is 0 Å². The molecule has 0 aliphatic carbocycles. The summed E-state index contributed by atoms with van der Waals surface area (Å²) in [6.07, 6.45) is 0. The first-order chi connectivity index (χ1) is 9.06. The average molecular weight is 255 g/mol. The van der Waals surface area contributed by atoms with Crippen LogP contribution in [0.3, 0.4) is 0 Å². The van der Waals surface area contributed by atoms with Gasteiger partial charge in [-0.15, -0.1) is 0 Å². The predicted octanol–water partition coefficient (Wildman–Crippen LogP) is 3.61. The van der Waals surface area contributed by atoms with Crippen LogP contribution in [0.4, 0.5) is 5.69 Å². The first-order valence-corrected chi connectivity index (χ1v) is 6.19. The molecule has 0 fully saturated rings. The van der Waals surface area contributed by atoms with Crippen LogP contribution in [0.25, 0.3) is 0 Å². The van der Waals surface area contributed by atoms with Crippen molar-refractivity contribution in [2.24, 2.45) is 0 Å². The standard InChI is InChI=1S/C16H17NO2/c1-11-4-3-5-13(8-11)10-17-15-9-14(16(18)19)7-6-12(15)2/h3-9,17H,10H2,1-2H3,(H,18,19). The van der Waals surface area contributed by atoms with E-state index in [1.807, 2.05) is 19.1 Å². The maximum absolute atomic E-state index is 11.0. The van der Waals surface area contributed by atoms with E-state index in [0.29, 0.717) is 12.1 Å². The lowest BCUT2D eigenvalue weighted by Crippen LogP contribution is -2.04. The second-order valence-electron chi connectivity index (χ2n) is 4.68. The Balaban J connectivity index is 2.15. The van der Waals surface area contributed by atoms with Crippen LogP contribution >= 0.6 is 0 Å². The Bertz CT molecular complexity index is 605. The number of anilines is 1. The molecule has 0 aliphatic heterocycles. The molecule has 0 saturated carbocycles. The molecule has 2 aromatic carbocycles. The van der Waals surface area contributed by atoms with Gasteiger partial charge in [0.25, 0.3) is 0 Å². The predicted molar refractivity (Wildman–Crippen MR) is 76.6 cm³/mol. The largest absolute Gasteiger partial charge is 0.478 e. The zero-order chi connectivity index (χ0) is 13.8. The number of nitrogens with one attached hydrogen (secondary N) is 1. The average Bonchev–Trinajstić information content (AvgIpc) is 2.37. The fourth-order valence-electron chi connectivity index (χ4n) is 1.96. The highest BCUT2D eigenvalue weighted by molar-refractivity contribution is 5.89. The minimum absolute atomic E-state index is 0.303. The van der Waals surface area contributed by atoms with Gasteiger partial charge in [-0.1, -0.05) is 35.9 Å². The zero-order valence-electron chi connectivity index (χ0n) is 11.1. The van der Waals surface area contributed by atoms with Gasteiger partial charge in [0, 0.05) is 12.2 Å². The summed E-state index contributed by atoms with van der Waals surface area (Å²) in [6, 6.07) is 13.4. The van der Waals surface area contributed by atoms with Crippen molar-refractivity contribution in [3.8, 4) is 0 Å². The molecule has 2 N–H and O–H groups in total. The minimum atomic E-state index is -0.904. The Morgan fingerprint density at radius 2 is 1.95 bits per heavy atom. The number of hydrogen-bond acceptors (Lipinski definition) is 2. The summed E-state index contributed by atoms with van der Waals surface area (Å²) >= 11 is 0. The van der Waals surface area contributed by atoms with Crippen LogP contribution < -0.4 is 5.32 Å². The number of benzene rings is 2. The van der Waals surface area contributed by atoms with Crippen LogP contribution in [0.1, 0.15) is 27.0 Å². The van der Waals surface area contributed by atoms with Gasteiger partial charge in [0.05, 0.1) is 5.56 Å². The van der Waals surface area contributed by atoms with Gasteiger partial charge in [-0.3, -0.25) is 0 Å². The highest BCUT2D eigenvalue weighted by atomic mass is 16.4. The summed E-state index contributed by atoms with van der Waals surface area (Å²) < 4.78 is 0. The number of carboxylic acid groups (broad SMARTS) is 1. The van der Waals surface area contributed by atoms with Crippen molar-refractivity contribution in [2.45, 2.75) is 20.4 Å². The Morgan fingerprint density at radius 1 is 1.16 bits per heavy atom. The minimum Gasteiger partial charge on any atom is -0.478 e. The monoisotopic (exact) mass is 255 g/mol. The molecule has 2 aromatic rings. The summed E-state index contributed by atoms with van der Waals surface area (Å²) in [5.74, 6) is -0.904. The van der Waals surface area contributed by atoms with Crippen molar-refractivity contribution in [2.75, 3.05) is 5.32 Å². The highest BCUT2D eigenvalue weighted by Crippen LogP contribution is 2.18. The molecule has 0 atom stereocenters. The summed E-state index contributed by atoms with van der Waals surface area (Å²) in [4.78, 5) is 11.0. The van der Waals surface area contributed by atoms with E-state index in [1.165, 1.54) is 11.1 Å². The fraction of sp³-hybridized carbons (Fsp3) is 0.188. The summed E-state index contributed by atoms with van der Waals surface area (Å²) in [6.45, 7) is 4.70. The molecule has 0 unspecified atom stereocenters. The maximum atomic E-state index is 11.0. The van der Waals surface area contributed by atoms with Crippen molar-refractivity contribution in [1.82, 2.24) is 0 Å². The number of carbonyl (C=O) groups is 1. The number of rotatable bonds is 4. The van der Waals surface area contributed by atoms with Crippen molar-refractivity contribution in [3.05, 3.63) is 64.7 Å². The quantitative estimate of drug-likeness (QED) is 0.877. The van der Waals surface area contributed by atoms with Crippen molar-refractivity contribution in [3.63, 3.8) is 0 Å². The third kappa shape index (κ3) is 3.35. The molecule has 0 amide bonds. The van der Waals surface area contributed by atoms with Gasteiger partial charge in [0.15, 0.2) is 0 Å². The Morgan fingerprint density at radius 3 is 2.63 bits per heavy atom. The molecule has 0 spiro atoms. The van der Waals surface area contributed by atoms with E-state index in [0.717, 1.165) is 11.3 Å². The van der Waals surface area contributed by atoms with Gasteiger partial charge in [-0.05, 0) is 37.1 Å². The summed E-state index contributed by atoms with van der Waals surface area (Å²) in [7, 11) is 0. The third-order valence-electron chi connectivity index (χ3n) is 3.05. The summed E-state index contributed by atoms with van der Waals surface area (Å²) in [5.41, 5.74) is 4.60. The number of aryl methyl sites for hydroxylation is 2. The first-order valence-electron chi connectivity index (χ1n) is 6.19. The van der Waals surface area contributed by atoms with Gasteiger partial charge < -0.3 is 10.4 Å². The van der Waals surface area contributed by atoms with E-state index < -0.39 is 5.97 Å². The van der Waals surface area contributed by atoms with Crippen LogP contribution in [0, 0.1) is 13.8 Å². The van der Waals surface area contributed by atoms with Crippen LogP contribution in [-0.2, 0) is 6.54 Å². The van der Waals surface area contributed by atoms with Crippen LogP contribution in [0.5, 0.6) is 0 Å². The van der Waals surface area contributed by atoms with Gasteiger partial charge in [-0.25, -0.2) is 4.79 Å². The molecule has 0 heterocycles.